The van der Waals surface area contributed by atoms with E-state index in [0.717, 1.165) is 6.07 Å². The molecule has 0 saturated heterocycles. The molecule has 0 saturated carbocycles. The van der Waals surface area contributed by atoms with E-state index in [4.69, 9.17) is 22.7 Å². The molecular formula is C11H12F3NOS. The Morgan fingerprint density at radius 2 is 2.00 bits per heavy atom. The van der Waals surface area contributed by atoms with Crippen molar-refractivity contribution in [2.75, 3.05) is 6.61 Å². The van der Waals surface area contributed by atoms with Crippen molar-refractivity contribution in [3.05, 3.63) is 29.8 Å². The first-order valence-electron chi connectivity index (χ1n) is 4.90. The number of rotatable bonds is 4. The fourth-order valence-electron chi connectivity index (χ4n) is 1.12. The van der Waals surface area contributed by atoms with E-state index in [1.54, 1.807) is 6.92 Å². The number of para-hydroxylation sites is 1. The third kappa shape index (κ3) is 3.89. The standard InChI is InChI=1S/C11H12F3NOS/c1-7(10(15)17)6-16-9-5-3-2-4-8(9)11(12,13)14/h2-5,7H,6H2,1H3,(H2,15,17). The maximum absolute atomic E-state index is 12.6. The molecule has 0 aliphatic heterocycles. The number of alkyl halides is 3. The lowest BCUT2D eigenvalue weighted by Crippen LogP contribution is -2.24. The zero-order valence-electron chi connectivity index (χ0n) is 9.12. The van der Waals surface area contributed by atoms with E-state index in [9.17, 15) is 13.2 Å². The molecule has 1 aromatic carbocycles. The van der Waals surface area contributed by atoms with Crippen molar-refractivity contribution in [3.8, 4) is 5.75 Å². The van der Waals surface area contributed by atoms with Gasteiger partial charge in [0.15, 0.2) is 0 Å². The van der Waals surface area contributed by atoms with Gasteiger partial charge in [-0.15, -0.1) is 0 Å². The quantitative estimate of drug-likeness (QED) is 0.848. The molecule has 0 spiro atoms. The smallest absolute Gasteiger partial charge is 0.419 e. The van der Waals surface area contributed by atoms with Crippen molar-refractivity contribution >= 4 is 17.2 Å². The molecule has 0 heterocycles. The number of benzene rings is 1. The van der Waals surface area contributed by atoms with Crippen molar-refractivity contribution < 1.29 is 17.9 Å². The van der Waals surface area contributed by atoms with Crippen LogP contribution in [0.4, 0.5) is 13.2 Å². The van der Waals surface area contributed by atoms with Crippen LogP contribution in [-0.4, -0.2) is 11.6 Å². The average Bonchev–Trinajstić information content (AvgIpc) is 2.24. The highest BCUT2D eigenvalue weighted by Gasteiger charge is 2.34. The summed E-state index contributed by atoms with van der Waals surface area (Å²) < 4.78 is 42.9. The van der Waals surface area contributed by atoms with Crippen LogP contribution < -0.4 is 10.5 Å². The van der Waals surface area contributed by atoms with E-state index in [1.165, 1.54) is 18.2 Å². The summed E-state index contributed by atoms with van der Waals surface area (Å²) in [6.07, 6.45) is -4.43. The Hall–Kier alpha value is -1.30. The number of hydrogen-bond acceptors (Lipinski definition) is 2. The first kappa shape index (κ1) is 13.8. The van der Waals surface area contributed by atoms with Crippen molar-refractivity contribution in [1.82, 2.24) is 0 Å². The Bertz CT molecular complexity index is 406. The molecule has 1 rings (SSSR count). The third-order valence-electron chi connectivity index (χ3n) is 2.17. The van der Waals surface area contributed by atoms with E-state index in [0.29, 0.717) is 0 Å². The van der Waals surface area contributed by atoms with E-state index in [2.05, 4.69) is 0 Å². The van der Waals surface area contributed by atoms with Crippen LogP contribution in [0.25, 0.3) is 0 Å². The second-order valence-corrected chi connectivity index (χ2v) is 4.08. The SMILES string of the molecule is CC(COc1ccccc1C(F)(F)F)C(N)=S. The van der Waals surface area contributed by atoms with Gasteiger partial charge in [0.2, 0.25) is 0 Å². The Morgan fingerprint density at radius 3 is 2.53 bits per heavy atom. The summed E-state index contributed by atoms with van der Waals surface area (Å²) in [5.41, 5.74) is 4.56. The van der Waals surface area contributed by atoms with Gasteiger partial charge in [-0.05, 0) is 12.1 Å². The Balaban J connectivity index is 2.81. The van der Waals surface area contributed by atoms with Crippen LogP contribution in [0, 0.1) is 5.92 Å². The molecular weight excluding hydrogens is 251 g/mol. The molecule has 0 amide bonds. The summed E-state index contributed by atoms with van der Waals surface area (Å²) in [6.45, 7) is 1.72. The second-order valence-electron chi connectivity index (χ2n) is 3.61. The average molecular weight is 263 g/mol. The van der Waals surface area contributed by atoms with Gasteiger partial charge in [-0.2, -0.15) is 13.2 Å². The highest BCUT2D eigenvalue weighted by atomic mass is 32.1. The minimum atomic E-state index is -4.43. The molecule has 17 heavy (non-hydrogen) atoms. The van der Waals surface area contributed by atoms with Gasteiger partial charge < -0.3 is 10.5 Å². The van der Waals surface area contributed by atoms with Gasteiger partial charge in [0.05, 0.1) is 17.2 Å². The van der Waals surface area contributed by atoms with Crippen molar-refractivity contribution in [2.45, 2.75) is 13.1 Å². The first-order chi connectivity index (χ1) is 7.82. The molecule has 0 fully saturated rings. The zero-order valence-corrected chi connectivity index (χ0v) is 9.94. The summed E-state index contributed by atoms with van der Waals surface area (Å²) in [5.74, 6) is -0.477. The lowest BCUT2D eigenvalue weighted by atomic mass is 10.2. The molecule has 2 N–H and O–H groups in total. The second kappa shape index (κ2) is 5.35. The predicted octanol–water partition coefficient (Wildman–Crippen LogP) is 3.01. The highest BCUT2D eigenvalue weighted by molar-refractivity contribution is 7.80. The summed E-state index contributed by atoms with van der Waals surface area (Å²) in [6, 6.07) is 5.04. The third-order valence-corrected chi connectivity index (χ3v) is 2.57. The predicted molar refractivity (Wildman–Crippen MR) is 62.9 cm³/mol. The fourth-order valence-corrected chi connectivity index (χ4v) is 1.19. The Morgan fingerprint density at radius 1 is 1.41 bits per heavy atom. The largest absolute Gasteiger partial charge is 0.492 e. The molecule has 6 heteroatoms. The van der Waals surface area contributed by atoms with Gasteiger partial charge in [0, 0.05) is 5.92 Å². The molecule has 94 valence electrons. The van der Waals surface area contributed by atoms with Crippen LogP contribution >= 0.6 is 12.2 Å². The minimum Gasteiger partial charge on any atom is -0.492 e. The fraction of sp³-hybridized carbons (Fsp3) is 0.364. The van der Waals surface area contributed by atoms with E-state index >= 15 is 0 Å². The van der Waals surface area contributed by atoms with Crippen molar-refractivity contribution in [3.63, 3.8) is 0 Å². The van der Waals surface area contributed by atoms with Gasteiger partial charge in [-0.1, -0.05) is 31.3 Å². The number of ether oxygens (including phenoxy) is 1. The summed E-state index contributed by atoms with van der Waals surface area (Å²) in [4.78, 5) is 0.217. The first-order valence-corrected chi connectivity index (χ1v) is 5.31. The van der Waals surface area contributed by atoms with Crippen LogP contribution in [0.15, 0.2) is 24.3 Å². The molecule has 0 aliphatic carbocycles. The van der Waals surface area contributed by atoms with Crippen molar-refractivity contribution in [2.24, 2.45) is 11.7 Å². The van der Waals surface area contributed by atoms with E-state index < -0.39 is 11.7 Å². The molecule has 0 bridgehead atoms. The van der Waals surface area contributed by atoms with Gasteiger partial charge in [-0.25, -0.2) is 0 Å². The molecule has 1 atom stereocenters. The normalized spacial score (nSPS) is 13.2. The topological polar surface area (TPSA) is 35.2 Å². The molecule has 0 aliphatic rings. The molecule has 0 radical (unpaired) electrons. The van der Waals surface area contributed by atoms with Crippen molar-refractivity contribution in [1.29, 1.82) is 0 Å². The molecule has 0 aromatic heterocycles. The lowest BCUT2D eigenvalue weighted by Gasteiger charge is -2.16. The van der Waals surface area contributed by atoms with Gasteiger partial charge in [0.25, 0.3) is 0 Å². The van der Waals surface area contributed by atoms with Crippen LogP contribution in [0.1, 0.15) is 12.5 Å². The Labute approximate surface area is 103 Å². The number of nitrogens with two attached hydrogens (primary N) is 1. The maximum Gasteiger partial charge on any atom is 0.419 e. The van der Waals surface area contributed by atoms with Crippen LogP contribution in [0.5, 0.6) is 5.75 Å². The van der Waals surface area contributed by atoms with E-state index in [1.807, 2.05) is 0 Å². The lowest BCUT2D eigenvalue weighted by molar-refractivity contribution is -0.139. The van der Waals surface area contributed by atoms with Gasteiger partial charge in [0.1, 0.15) is 5.75 Å². The Kier molecular flexibility index (Phi) is 4.34. The monoisotopic (exact) mass is 263 g/mol. The van der Waals surface area contributed by atoms with Crippen LogP contribution in [0.3, 0.4) is 0 Å². The van der Waals surface area contributed by atoms with Crippen LogP contribution in [0.2, 0.25) is 0 Å². The summed E-state index contributed by atoms with van der Waals surface area (Å²) in [5, 5.41) is 0. The summed E-state index contributed by atoms with van der Waals surface area (Å²) in [7, 11) is 0. The number of thiocarbonyl (C=S) groups is 1. The zero-order chi connectivity index (χ0) is 13.1. The summed E-state index contributed by atoms with van der Waals surface area (Å²) >= 11 is 4.72. The van der Waals surface area contributed by atoms with Crippen LogP contribution in [-0.2, 0) is 6.18 Å². The molecule has 2 nitrogen and oxygen atoms in total. The number of hydrogen-bond donors (Lipinski definition) is 1. The van der Waals surface area contributed by atoms with Gasteiger partial charge >= 0.3 is 6.18 Å². The maximum atomic E-state index is 12.6. The number of halogens is 3. The highest BCUT2D eigenvalue weighted by Crippen LogP contribution is 2.35. The van der Waals surface area contributed by atoms with E-state index in [-0.39, 0.29) is 23.3 Å². The molecule has 1 aromatic rings. The molecule has 1 unspecified atom stereocenters. The minimum absolute atomic E-state index is 0.0302. The van der Waals surface area contributed by atoms with Gasteiger partial charge in [-0.3, -0.25) is 0 Å².